The summed E-state index contributed by atoms with van der Waals surface area (Å²) in [7, 11) is -3.71. The number of halogens is 1. The molecule has 1 aromatic carbocycles. The first kappa shape index (κ1) is 22.1. The zero-order chi connectivity index (χ0) is 21.8. The Morgan fingerprint density at radius 2 is 1.84 bits per heavy atom. The number of nitrogens with zero attached hydrogens (tertiary/aromatic N) is 2. The smallest absolute Gasteiger partial charge is 0.267 e. The molecule has 31 heavy (non-hydrogen) atoms. The number of pyridine rings is 1. The van der Waals surface area contributed by atoms with Crippen LogP contribution in [0.1, 0.15) is 9.67 Å². The summed E-state index contributed by atoms with van der Waals surface area (Å²) in [5, 5.41) is 4.92. The molecule has 0 unspecified atom stereocenters. The molecule has 1 saturated heterocycles. The first-order chi connectivity index (χ1) is 14.9. The van der Waals surface area contributed by atoms with Gasteiger partial charge in [0.15, 0.2) is 0 Å². The Morgan fingerprint density at radius 1 is 1.10 bits per heavy atom. The number of thiophene rings is 1. The summed E-state index contributed by atoms with van der Waals surface area (Å²) in [4.78, 5) is 17.1. The molecule has 1 fully saturated rings. The summed E-state index contributed by atoms with van der Waals surface area (Å²) < 4.78 is 33.0. The fourth-order valence-electron chi connectivity index (χ4n) is 2.92. The molecule has 3 aromatic rings. The second kappa shape index (κ2) is 9.58. The van der Waals surface area contributed by atoms with Crippen LogP contribution < -0.4 is 10.1 Å². The molecule has 162 valence electrons. The normalized spacial score (nSPS) is 14.9. The Hall–Kier alpha value is -2.11. The molecule has 0 atom stereocenters. The predicted octanol–water partition coefficient (Wildman–Crippen LogP) is 4.58. The molecule has 11 heteroatoms. The lowest BCUT2D eigenvalue weighted by Gasteiger charge is -2.25. The van der Waals surface area contributed by atoms with Gasteiger partial charge in [-0.15, -0.1) is 11.3 Å². The lowest BCUT2D eigenvalue weighted by Crippen LogP contribution is -2.38. The van der Waals surface area contributed by atoms with Crippen LogP contribution in [0.3, 0.4) is 0 Å². The molecule has 4 rings (SSSR count). The molecule has 0 aliphatic carbocycles. The monoisotopic (exact) mass is 495 g/mol. The van der Waals surface area contributed by atoms with Crippen molar-refractivity contribution >= 4 is 56.3 Å². The minimum absolute atomic E-state index is 0.0394. The summed E-state index contributed by atoms with van der Waals surface area (Å²) in [5.41, 5.74) is 0.430. The maximum absolute atomic E-state index is 13.0. The molecule has 1 aliphatic rings. The van der Waals surface area contributed by atoms with Gasteiger partial charge in [-0.3, -0.25) is 4.79 Å². The van der Waals surface area contributed by atoms with Crippen LogP contribution in [0.25, 0.3) is 0 Å². The van der Waals surface area contributed by atoms with Crippen LogP contribution in [-0.4, -0.2) is 48.2 Å². The van der Waals surface area contributed by atoms with E-state index in [2.05, 4.69) is 10.3 Å². The maximum Gasteiger partial charge on any atom is 0.267 e. The number of sulfonamides is 1. The van der Waals surface area contributed by atoms with Crippen LogP contribution in [0.2, 0.25) is 5.02 Å². The lowest BCUT2D eigenvalue weighted by atomic mass is 10.3. The Kier molecular flexibility index (Phi) is 6.83. The van der Waals surface area contributed by atoms with E-state index in [-0.39, 0.29) is 9.77 Å². The Labute approximate surface area is 193 Å². The molecule has 1 aliphatic heterocycles. The van der Waals surface area contributed by atoms with Crippen molar-refractivity contribution in [1.82, 2.24) is 9.29 Å². The summed E-state index contributed by atoms with van der Waals surface area (Å²) in [6, 6.07) is 11.6. The van der Waals surface area contributed by atoms with Crippen molar-refractivity contribution in [1.29, 1.82) is 0 Å². The van der Waals surface area contributed by atoms with Gasteiger partial charge in [0.1, 0.15) is 15.5 Å². The summed E-state index contributed by atoms with van der Waals surface area (Å²) >= 11 is 8.67. The van der Waals surface area contributed by atoms with Gasteiger partial charge in [-0.05, 0) is 41.8 Å². The van der Waals surface area contributed by atoms with Crippen molar-refractivity contribution in [2.45, 2.75) is 4.90 Å². The minimum atomic E-state index is -3.71. The van der Waals surface area contributed by atoms with E-state index in [1.165, 1.54) is 16.6 Å². The highest BCUT2D eigenvalue weighted by Crippen LogP contribution is 2.28. The first-order valence-electron chi connectivity index (χ1n) is 9.30. The summed E-state index contributed by atoms with van der Waals surface area (Å²) in [6.07, 6.45) is 1.45. The van der Waals surface area contributed by atoms with Gasteiger partial charge in [0.25, 0.3) is 5.91 Å². The zero-order valence-electron chi connectivity index (χ0n) is 16.2. The van der Waals surface area contributed by atoms with Crippen LogP contribution in [0.4, 0.5) is 5.69 Å². The molecule has 0 spiro atoms. The molecule has 2 aromatic heterocycles. The number of amides is 1. The third-order valence-electron chi connectivity index (χ3n) is 4.45. The SMILES string of the molecule is O=C(Nc1ccc(Oc2ccc(Cl)cc2)nc1)c1sccc1S(=O)(=O)N1CCSCC1. The van der Waals surface area contributed by atoms with E-state index in [4.69, 9.17) is 16.3 Å². The summed E-state index contributed by atoms with van der Waals surface area (Å²) in [6.45, 7) is 0.895. The Balaban J connectivity index is 1.45. The van der Waals surface area contributed by atoms with Crippen molar-refractivity contribution in [3.8, 4) is 11.6 Å². The fourth-order valence-corrected chi connectivity index (χ4v) is 6.92. The van der Waals surface area contributed by atoms with Crippen molar-refractivity contribution in [3.63, 3.8) is 0 Å². The van der Waals surface area contributed by atoms with Crippen LogP contribution in [0.5, 0.6) is 11.6 Å². The number of hydrogen-bond acceptors (Lipinski definition) is 7. The molecular formula is C20H18ClN3O4S3. The molecular weight excluding hydrogens is 478 g/mol. The largest absolute Gasteiger partial charge is 0.439 e. The number of hydrogen-bond donors (Lipinski definition) is 1. The highest BCUT2D eigenvalue weighted by Gasteiger charge is 2.31. The molecule has 1 N–H and O–H groups in total. The highest BCUT2D eigenvalue weighted by molar-refractivity contribution is 7.99. The van der Waals surface area contributed by atoms with Gasteiger partial charge in [-0.25, -0.2) is 13.4 Å². The standard InChI is InChI=1S/C20H18ClN3O4S3/c21-14-1-4-16(5-2-14)28-18-6-3-15(13-22-18)23-20(25)19-17(7-10-30-19)31(26,27)24-8-11-29-12-9-24/h1-7,10,13H,8-9,11-12H2,(H,23,25). The molecule has 0 bridgehead atoms. The number of anilines is 1. The average Bonchev–Trinajstić information content (AvgIpc) is 3.28. The van der Waals surface area contributed by atoms with Gasteiger partial charge in [-0.1, -0.05) is 11.6 Å². The Morgan fingerprint density at radius 3 is 2.52 bits per heavy atom. The number of thioether (sulfide) groups is 1. The zero-order valence-corrected chi connectivity index (χ0v) is 19.4. The van der Waals surface area contributed by atoms with E-state index in [1.54, 1.807) is 53.5 Å². The van der Waals surface area contributed by atoms with Gasteiger partial charge < -0.3 is 10.1 Å². The number of rotatable bonds is 6. The van der Waals surface area contributed by atoms with Gasteiger partial charge in [0.2, 0.25) is 15.9 Å². The maximum atomic E-state index is 13.0. The van der Waals surface area contributed by atoms with Crippen LogP contribution in [0, 0.1) is 0 Å². The number of ether oxygens (including phenoxy) is 1. The molecule has 0 saturated carbocycles. The van der Waals surface area contributed by atoms with Gasteiger partial charge in [0, 0.05) is 35.7 Å². The van der Waals surface area contributed by atoms with E-state index in [0.717, 1.165) is 22.8 Å². The minimum Gasteiger partial charge on any atom is -0.439 e. The van der Waals surface area contributed by atoms with Gasteiger partial charge in [0.05, 0.1) is 11.9 Å². The second-order valence-corrected chi connectivity index (χ2v) is 11.0. The molecule has 3 heterocycles. The topological polar surface area (TPSA) is 88.6 Å². The van der Waals surface area contributed by atoms with Crippen molar-refractivity contribution < 1.29 is 17.9 Å². The van der Waals surface area contributed by atoms with Gasteiger partial charge >= 0.3 is 0 Å². The van der Waals surface area contributed by atoms with E-state index >= 15 is 0 Å². The van der Waals surface area contributed by atoms with Crippen LogP contribution in [-0.2, 0) is 10.0 Å². The van der Waals surface area contributed by atoms with Crippen LogP contribution >= 0.6 is 34.7 Å². The van der Waals surface area contributed by atoms with Crippen molar-refractivity contribution in [2.75, 3.05) is 29.9 Å². The van der Waals surface area contributed by atoms with E-state index < -0.39 is 15.9 Å². The second-order valence-electron chi connectivity index (χ2n) is 6.53. The van der Waals surface area contributed by atoms with Crippen molar-refractivity contribution in [2.24, 2.45) is 0 Å². The number of carbonyl (C=O) groups excluding carboxylic acids is 1. The number of carbonyl (C=O) groups is 1. The first-order valence-corrected chi connectivity index (χ1v) is 13.1. The number of nitrogens with one attached hydrogen (secondary N) is 1. The molecule has 1 amide bonds. The van der Waals surface area contributed by atoms with E-state index in [9.17, 15) is 13.2 Å². The quantitative estimate of drug-likeness (QED) is 0.538. The highest BCUT2D eigenvalue weighted by atomic mass is 35.5. The van der Waals surface area contributed by atoms with E-state index in [1.807, 2.05) is 0 Å². The lowest BCUT2D eigenvalue weighted by molar-refractivity contribution is 0.102. The predicted molar refractivity (Wildman–Crippen MR) is 124 cm³/mol. The van der Waals surface area contributed by atoms with Gasteiger partial charge in [-0.2, -0.15) is 16.1 Å². The fraction of sp³-hybridized carbons (Fsp3) is 0.200. The number of benzene rings is 1. The molecule has 0 radical (unpaired) electrons. The number of aromatic nitrogens is 1. The third-order valence-corrected chi connectivity index (χ3v) is 8.63. The average molecular weight is 496 g/mol. The van der Waals surface area contributed by atoms with E-state index in [0.29, 0.717) is 35.4 Å². The van der Waals surface area contributed by atoms with Crippen LogP contribution in [0.15, 0.2) is 58.9 Å². The Bertz CT molecular complexity index is 1160. The van der Waals surface area contributed by atoms with Crippen molar-refractivity contribution in [3.05, 3.63) is 63.9 Å². The molecule has 7 nitrogen and oxygen atoms in total. The third kappa shape index (κ3) is 5.21. The summed E-state index contributed by atoms with van der Waals surface area (Å²) in [5.74, 6) is 1.94.